The predicted molar refractivity (Wildman–Crippen MR) is 82.0 cm³/mol. The van der Waals surface area contributed by atoms with Crippen LogP contribution in [0.25, 0.3) is 11.1 Å². The lowest BCUT2D eigenvalue weighted by atomic mass is 9.98. The molecule has 6 heteroatoms. The van der Waals surface area contributed by atoms with E-state index in [9.17, 15) is 9.90 Å². The third kappa shape index (κ3) is 2.91. The Labute approximate surface area is 131 Å². The van der Waals surface area contributed by atoms with Gasteiger partial charge in [0.05, 0.1) is 19.8 Å². The Bertz CT molecular complexity index is 698. The molecule has 2 aromatic rings. The fourth-order valence-electron chi connectivity index (χ4n) is 2.04. The zero-order chi connectivity index (χ0) is 15.6. The van der Waals surface area contributed by atoms with Gasteiger partial charge in [0.1, 0.15) is 16.5 Å². The largest absolute Gasteiger partial charge is 0.495 e. The molecule has 0 aliphatic heterocycles. The van der Waals surface area contributed by atoms with Gasteiger partial charge in [-0.05, 0) is 24.3 Å². The molecule has 21 heavy (non-hydrogen) atoms. The molecule has 0 saturated carbocycles. The first-order chi connectivity index (χ1) is 9.99. The molecule has 2 rings (SSSR count). The SMILES string of the molecule is COc1ccc(-c2ccc(Cl)cc2C(=O)O)c(OC)c1Cl. The first-order valence-electron chi connectivity index (χ1n) is 5.93. The lowest BCUT2D eigenvalue weighted by Gasteiger charge is -2.15. The van der Waals surface area contributed by atoms with Crippen LogP contribution in [-0.2, 0) is 0 Å². The van der Waals surface area contributed by atoms with Gasteiger partial charge in [-0.2, -0.15) is 0 Å². The Morgan fingerprint density at radius 2 is 1.71 bits per heavy atom. The molecule has 0 radical (unpaired) electrons. The fraction of sp³-hybridized carbons (Fsp3) is 0.133. The molecule has 0 unspecified atom stereocenters. The van der Waals surface area contributed by atoms with E-state index in [1.165, 1.54) is 20.3 Å². The number of carboxylic acids is 1. The molecule has 4 nitrogen and oxygen atoms in total. The van der Waals surface area contributed by atoms with Crippen molar-refractivity contribution in [1.82, 2.24) is 0 Å². The third-order valence-electron chi connectivity index (χ3n) is 2.99. The van der Waals surface area contributed by atoms with Crippen LogP contribution in [0.2, 0.25) is 10.0 Å². The molecule has 0 amide bonds. The van der Waals surface area contributed by atoms with E-state index in [0.29, 0.717) is 27.6 Å². The van der Waals surface area contributed by atoms with Gasteiger partial charge in [0, 0.05) is 16.1 Å². The minimum absolute atomic E-state index is 0.0713. The number of halogens is 2. The smallest absolute Gasteiger partial charge is 0.336 e. The molecule has 0 heterocycles. The highest BCUT2D eigenvalue weighted by atomic mass is 35.5. The Balaban J connectivity index is 2.73. The fourth-order valence-corrected chi connectivity index (χ4v) is 2.53. The summed E-state index contributed by atoms with van der Waals surface area (Å²) in [6.45, 7) is 0. The van der Waals surface area contributed by atoms with Crippen molar-refractivity contribution >= 4 is 29.2 Å². The summed E-state index contributed by atoms with van der Waals surface area (Å²) in [7, 11) is 2.95. The Hall–Kier alpha value is -1.91. The average molecular weight is 327 g/mol. The number of ether oxygens (including phenoxy) is 2. The minimum Gasteiger partial charge on any atom is -0.495 e. The van der Waals surface area contributed by atoms with Crippen LogP contribution in [-0.4, -0.2) is 25.3 Å². The minimum atomic E-state index is -1.08. The molecule has 0 bridgehead atoms. The van der Waals surface area contributed by atoms with E-state index in [2.05, 4.69) is 0 Å². The third-order valence-corrected chi connectivity index (χ3v) is 3.58. The van der Waals surface area contributed by atoms with Gasteiger partial charge in [0.15, 0.2) is 0 Å². The van der Waals surface area contributed by atoms with Crippen molar-refractivity contribution in [1.29, 1.82) is 0 Å². The van der Waals surface area contributed by atoms with E-state index in [0.717, 1.165) is 0 Å². The number of rotatable bonds is 4. The van der Waals surface area contributed by atoms with Gasteiger partial charge < -0.3 is 14.6 Å². The predicted octanol–water partition coefficient (Wildman–Crippen LogP) is 4.38. The number of carboxylic acid groups (broad SMARTS) is 1. The van der Waals surface area contributed by atoms with Gasteiger partial charge in [0.2, 0.25) is 0 Å². The average Bonchev–Trinajstić information content (AvgIpc) is 2.46. The first-order valence-corrected chi connectivity index (χ1v) is 6.69. The van der Waals surface area contributed by atoms with Gasteiger partial charge in [-0.3, -0.25) is 0 Å². The molecule has 0 aliphatic carbocycles. The molecule has 1 N–H and O–H groups in total. The van der Waals surface area contributed by atoms with E-state index in [4.69, 9.17) is 32.7 Å². The molecule has 0 aliphatic rings. The molecule has 0 spiro atoms. The van der Waals surface area contributed by atoms with Crippen LogP contribution < -0.4 is 9.47 Å². The van der Waals surface area contributed by atoms with Crippen LogP contribution >= 0.6 is 23.2 Å². The number of hydrogen-bond donors (Lipinski definition) is 1. The van der Waals surface area contributed by atoms with Gasteiger partial charge in [-0.15, -0.1) is 0 Å². The van der Waals surface area contributed by atoms with E-state index < -0.39 is 5.97 Å². The summed E-state index contributed by atoms with van der Waals surface area (Å²) in [6.07, 6.45) is 0. The normalized spacial score (nSPS) is 10.3. The molecule has 0 saturated heterocycles. The maximum atomic E-state index is 11.4. The van der Waals surface area contributed by atoms with Gasteiger partial charge in [-0.25, -0.2) is 4.79 Å². The maximum Gasteiger partial charge on any atom is 0.336 e. The molecule has 0 atom stereocenters. The Kier molecular flexibility index (Phi) is 4.60. The molecule has 0 aromatic heterocycles. The van der Waals surface area contributed by atoms with Gasteiger partial charge in [0.25, 0.3) is 0 Å². The second-order valence-electron chi connectivity index (χ2n) is 4.16. The van der Waals surface area contributed by atoms with Crippen molar-refractivity contribution < 1.29 is 19.4 Å². The second-order valence-corrected chi connectivity index (χ2v) is 4.97. The lowest BCUT2D eigenvalue weighted by molar-refractivity contribution is 0.0697. The highest BCUT2D eigenvalue weighted by Crippen LogP contribution is 2.43. The first kappa shape index (κ1) is 15.5. The van der Waals surface area contributed by atoms with Crippen molar-refractivity contribution in [2.24, 2.45) is 0 Å². The van der Waals surface area contributed by atoms with Crippen LogP contribution in [0, 0.1) is 0 Å². The van der Waals surface area contributed by atoms with E-state index in [1.54, 1.807) is 24.3 Å². The topological polar surface area (TPSA) is 55.8 Å². The van der Waals surface area contributed by atoms with Crippen LogP contribution in [0.4, 0.5) is 0 Å². The van der Waals surface area contributed by atoms with Gasteiger partial charge in [-0.1, -0.05) is 29.3 Å². The zero-order valence-corrected chi connectivity index (χ0v) is 12.8. The summed E-state index contributed by atoms with van der Waals surface area (Å²) in [5.41, 5.74) is 1.09. The molecule has 110 valence electrons. The standard InChI is InChI=1S/C15H12Cl2O4/c1-20-12-6-5-10(14(21-2)13(12)17)9-4-3-8(16)7-11(9)15(18)19/h3-7H,1-2H3,(H,18,19). The van der Waals surface area contributed by atoms with Gasteiger partial charge >= 0.3 is 5.97 Å². The number of methoxy groups -OCH3 is 2. The van der Waals surface area contributed by atoms with E-state index >= 15 is 0 Å². The summed E-state index contributed by atoms with van der Waals surface area (Å²) in [5, 5.41) is 9.95. The zero-order valence-electron chi connectivity index (χ0n) is 11.3. The van der Waals surface area contributed by atoms with Crippen molar-refractivity contribution in [2.75, 3.05) is 14.2 Å². The van der Waals surface area contributed by atoms with E-state index in [1.807, 2.05) is 0 Å². The monoisotopic (exact) mass is 326 g/mol. The highest BCUT2D eigenvalue weighted by molar-refractivity contribution is 6.34. The van der Waals surface area contributed by atoms with E-state index in [-0.39, 0.29) is 10.6 Å². The van der Waals surface area contributed by atoms with Crippen molar-refractivity contribution in [3.8, 4) is 22.6 Å². The van der Waals surface area contributed by atoms with Crippen LogP contribution in [0.1, 0.15) is 10.4 Å². The number of aromatic carboxylic acids is 1. The molecular formula is C15H12Cl2O4. The molecular weight excluding hydrogens is 315 g/mol. The number of benzene rings is 2. The van der Waals surface area contributed by atoms with Crippen molar-refractivity contribution in [3.63, 3.8) is 0 Å². The van der Waals surface area contributed by atoms with Crippen molar-refractivity contribution in [2.45, 2.75) is 0 Å². The van der Waals surface area contributed by atoms with Crippen molar-refractivity contribution in [3.05, 3.63) is 45.9 Å². The Morgan fingerprint density at radius 3 is 2.29 bits per heavy atom. The summed E-state index contributed by atoms with van der Waals surface area (Å²) in [4.78, 5) is 11.4. The van der Waals surface area contributed by atoms with Crippen LogP contribution in [0.5, 0.6) is 11.5 Å². The molecule has 0 fully saturated rings. The Morgan fingerprint density at radius 1 is 1.05 bits per heavy atom. The van der Waals surface area contributed by atoms with Crippen LogP contribution in [0.15, 0.2) is 30.3 Å². The number of carbonyl (C=O) groups is 1. The maximum absolute atomic E-state index is 11.4. The summed E-state index contributed by atoms with van der Waals surface area (Å²) in [5.74, 6) is -0.287. The highest BCUT2D eigenvalue weighted by Gasteiger charge is 2.19. The summed E-state index contributed by atoms with van der Waals surface area (Å²) < 4.78 is 10.4. The quantitative estimate of drug-likeness (QED) is 0.906. The lowest BCUT2D eigenvalue weighted by Crippen LogP contribution is -2.01. The van der Waals surface area contributed by atoms with Crippen LogP contribution in [0.3, 0.4) is 0 Å². The summed E-state index contributed by atoms with van der Waals surface area (Å²) >= 11 is 12.1. The molecule has 2 aromatic carbocycles. The summed E-state index contributed by atoms with van der Waals surface area (Å²) in [6, 6.07) is 7.96. The second kappa shape index (κ2) is 6.24. The number of hydrogen-bond acceptors (Lipinski definition) is 3.